The molecule has 1 aromatic heterocycles. The Labute approximate surface area is 149 Å². The average Bonchev–Trinajstić information content (AvgIpc) is 3.06. The van der Waals surface area contributed by atoms with Crippen LogP contribution in [0.4, 0.5) is 18.9 Å². The second kappa shape index (κ2) is 7.07. The summed E-state index contributed by atoms with van der Waals surface area (Å²) in [6.07, 6.45) is -2.90. The highest BCUT2D eigenvalue weighted by Crippen LogP contribution is 2.32. The molecule has 2 aromatic carbocycles. The van der Waals surface area contributed by atoms with Crippen LogP contribution in [0.5, 0.6) is 0 Å². The quantitative estimate of drug-likeness (QED) is 0.457. The standard InChI is InChI=1S/C20H17F3N2O/c1-13-5-3-6-14(2)19(13)25-24-12-17-9-10-18(26-17)15-7-4-8-16(11-15)20(21,22)23/h3-12,25H,1-2H3/b24-12+. The van der Waals surface area contributed by atoms with Gasteiger partial charge < -0.3 is 4.42 Å². The molecule has 0 amide bonds. The van der Waals surface area contributed by atoms with Crippen molar-refractivity contribution in [3.8, 4) is 11.3 Å². The molecule has 1 N–H and O–H groups in total. The molecule has 0 fully saturated rings. The normalized spacial score (nSPS) is 11.9. The SMILES string of the molecule is Cc1cccc(C)c1N/N=C/c1ccc(-c2cccc(C(F)(F)F)c2)o1. The molecule has 0 atom stereocenters. The van der Waals surface area contributed by atoms with E-state index in [9.17, 15) is 13.2 Å². The second-order valence-corrected chi connectivity index (χ2v) is 5.92. The molecule has 3 nitrogen and oxygen atoms in total. The minimum atomic E-state index is -4.39. The molecule has 0 bridgehead atoms. The monoisotopic (exact) mass is 358 g/mol. The van der Waals surface area contributed by atoms with E-state index in [1.807, 2.05) is 32.0 Å². The summed E-state index contributed by atoms with van der Waals surface area (Å²) < 4.78 is 44.0. The summed E-state index contributed by atoms with van der Waals surface area (Å²) in [7, 11) is 0. The van der Waals surface area contributed by atoms with E-state index >= 15 is 0 Å². The van der Waals surface area contributed by atoms with E-state index in [1.165, 1.54) is 12.3 Å². The maximum Gasteiger partial charge on any atom is 0.416 e. The number of halogens is 3. The zero-order valence-electron chi connectivity index (χ0n) is 14.3. The fourth-order valence-electron chi connectivity index (χ4n) is 2.58. The Morgan fingerprint density at radius 3 is 2.35 bits per heavy atom. The lowest BCUT2D eigenvalue weighted by Crippen LogP contribution is -2.04. The van der Waals surface area contributed by atoms with Gasteiger partial charge in [-0.05, 0) is 49.2 Å². The van der Waals surface area contributed by atoms with Gasteiger partial charge in [0.05, 0.1) is 17.5 Å². The van der Waals surface area contributed by atoms with Gasteiger partial charge >= 0.3 is 6.18 Å². The highest BCUT2D eigenvalue weighted by atomic mass is 19.4. The van der Waals surface area contributed by atoms with E-state index < -0.39 is 11.7 Å². The molecule has 0 unspecified atom stereocenters. The number of benzene rings is 2. The number of hydrogen-bond acceptors (Lipinski definition) is 3. The van der Waals surface area contributed by atoms with E-state index in [1.54, 1.807) is 18.2 Å². The minimum Gasteiger partial charge on any atom is -0.455 e. The second-order valence-electron chi connectivity index (χ2n) is 5.92. The first kappa shape index (κ1) is 17.8. The highest BCUT2D eigenvalue weighted by molar-refractivity contribution is 5.78. The predicted octanol–water partition coefficient (Wildman–Crippen LogP) is 6.03. The van der Waals surface area contributed by atoms with E-state index in [4.69, 9.17) is 4.42 Å². The van der Waals surface area contributed by atoms with Gasteiger partial charge in [0.1, 0.15) is 11.5 Å². The van der Waals surface area contributed by atoms with Crippen molar-refractivity contribution < 1.29 is 17.6 Å². The number of nitrogens with zero attached hydrogens (tertiary/aromatic N) is 1. The lowest BCUT2D eigenvalue weighted by Gasteiger charge is -2.07. The number of hydrazone groups is 1. The van der Waals surface area contributed by atoms with Crippen LogP contribution in [0.3, 0.4) is 0 Å². The van der Waals surface area contributed by atoms with Crippen molar-refractivity contribution in [1.29, 1.82) is 0 Å². The van der Waals surface area contributed by atoms with E-state index in [2.05, 4.69) is 10.5 Å². The van der Waals surface area contributed by atoms with Gasteiger partial charge in [-0.1, -0.05) is 30.3 Å². The third-order valence-electron chi connectivity index (χ3n) is 3.95. The molecule has 0 radical (unpaired) electrons. The van der Waals surface area contributed by atoms with Gasteiger partial charge in [-0.2, -0.15) is 18.3 Å². The molecule has 0 aliphatic rings. The zero-order valence-corrected chi connectivity index (χ0v) is 14.3. The molecule has 0 aliphatic carbocycles. The van der Waals surface area contributed by atoms with Crippen LogP contribution < -0.4 is 5.43 Å². The van der Waals surface area contributed by atoms with Gasteiger partial charge in [0, 0.05) is 5.56 Å². The van der Waals surface area contributed by atoms with Crippen molar-refractivity contribution in [1.82, 2.24) is 0 Å². The summed E-state index contributed by atoms with van der Waals surface area (Å²) in [6.45, 7) is 3.95. The summed E-state index contributed by atoms with van der Waals surface area (Å²) in [5.41, 5.74) is 5.65. The van der Waals surface area contributed by atoms with E-state index in [0.717, 1.165) is 28.9 Å². The fourth-order valence-corrected chi connectivity index (χ4v) is 2.58. The molecule has 6 heteroatoms. The fraction of sp³-hybridized carbons (Fsp3) is 0.150. The third-order valence-corrected chi connectivity index (χ3v) is 3.95. The molecule has 0 saturated carbocycles. The van der Waals surface area contributed by atoms with Gasteiger partial charge in [-0.15, -0.1) is 0 Å². The maximum absolute atomic E-state index is 12.8. The number of anilines is 1. The number of rotatable bonds is 4. The average molecular weight is 358 g/mol. The van der Waals surface area contributed by atoms with Crippen molar-refractivity contribution in [3.05, 3.63) is 77.0 Å². The molecule has 0 spiro atoms. The first-order valence-electron chi connectivity index (χ1n) is 7.97. The lowest BCUT2D eigenvalue weighted by atomic mass is 10.1. The van der Waals surface area contributed by atoms with Crippen LogP contribution in [0, 0.1) is 13.8 Å². The largest absolute Gasteiger partial charge is 0.455 e. The summed E-state index contributed by atoms with van der Waals surface area (Å²) in [5, 5.41) is 4.15. The Hall–Kier alpha value is -3.02. The van der Waals surface area contributed by atoms with Crippen LogP contribution >= 0.6 is 0 Å². The Balaban J connectivity index is 1.76. The maximum atomic E-state index is 12.8. The predicted molar refractivity (Wildman–Crippen MR) is 96.3 cm³/mol. The van der Waals surface area contributed by atoms with E-state index in [-0.39, 0.29) is 0 Å². The number of alkyl halides is 3. The van der Waals surface area contributed by atoms with Crippen molar-refractivity contribution in [2.24, 2.45) is 5.10 Å². The van der Waals surface area contributed by atoms with Crippen molar-refractivity contribution in [2.45, 2.75) is 20.0 Å². The minimum absolute atomic E-state index is 0.352. The number of hydrogen-bond donors (Lipinski definition) is 1. The molecule has 0 aliphatic heterocycles. The molecule has 26 heavy (non-hydrogen) atoms. The first-order valence-corrected chi connectivity index (χ1v) is 7.97. The van der Waals surface area contributed by atoms with Crippen molar-refractivity contribution in [2.75, 3.05) is 5.43 Å². The van der Waals surface area contributed by atoms with Gasteiger partial charge in [0.15, 0.2) is 0 Å². The number of para-hydroxylation sites is 1. The third kappa shape index (κ3) is 3.96. The molecule has 3 aromatic rings. The summed E-state index contributed by atoms with van der Waals surface area (Å²) in [5.74, 6) is 0.792. The molecule has 1 heterocycles. The number of furan rings is 1. The van der Waals surface area contributed by atoms with E-state index in [0.29, 0.717) is 17.1 Å². The molecule has 3 rings (SSSR count). The molecule has 0 saturated heterocycles. The lowest BCUT2D eigenvalue weighted by molar-refractivity contribution is -0.137. The van der Waals surface area contributed by atoms with Gasteiger partial charge in [-0.3, -0.25) is 5.43 Å². The van der Waals surface area contributed by atoms with Crippen LogP contribution in [-0.2, 0) is 6.18 Å². The first-order chi connectivity index (χ1) is 12.3. The molecular formula is C20H17F3N2O. The summed E-state index contributed by atoms with van der Waals surface area (Å²) in [4.78, 5) is 0. The van der Waals surface area contributed by atoms with Gasteiger partial charge in [0.2, 0.25) is 0 Å². The molecule has 134 valence electrons. The topological polar surface area (TPSA) is 37.5 Å². The van der Waals surface area contributed by atoms with Crippen LogP contribution in [0.25, 0.3) is 11.3 Å². The summed E-state index contributed by atoms with van der Waals surface area (Å²) in [6, 6.07) is 14.2. The Kier molecular flexibility index (Phi) is 4.84. The van der Waals surface area contributed by atoms with Gasteiger partial charge in [0.25, 0.3) is 0 Å². The number of nitrogens with one attached hydrogen (secondary N) is 1. The highest BCUT2D eigenvalue weighted by Gasteiger charge is 2.30. The van der Waals surface area contributed by atoms with Crippen molar-refractivity contribution in [3.63, 3.8) is 0 Å². The number of aryl methyl sites for hydroxylation is 2. The van der Waals surface area contributed by atoms with Crippen LogP contribution in [-0.4, -0.2) is 6.21 Å². The Morgan fingerprint density at radius 2 is 1.65 bits per heavy atom. The van der Waals surface area contributed by atoms with Crippen LogP contribution in [0.15, 0.2) is 64.1 Å². The van der Waals surface area contributed by atoms with Crippen molar-refractivity contribution >= 4 is 11.9 Å². The smallest absolute Gasteiger partial charge is 0.416 e. The zero-order chi connectivity index (χ0) is 18.7. The van der Waals surface area contributed by atoms with Crippen LogP contribution in [0.2, 0.25) is 0 Å². The summed E-state index contributed by atoms with van der Waals surface area (Å²) >= 11 is 0. The van der Waals surface area contributed by atoms with Crippen LogP contribution in [0.1, 0.15) is 22.5 Å². The Bertz CT molecular complexity index is 922. The Morgan fingerprint density at radius 1 is 0.962 bits per heavy atom. The van der Waals surface area contributed by atoms with Gasteiger partial charge in [-0.25, -0.2) is 0 Å². The molecular weight excluding hydrogens is 341 g/mol.